The van der Waals surface area contributed by atoms with Crippen molar-refractivity contribution in [2.75, 3.05) is 23.7 Å². The van der Waals surface area contributed by atoms with Gasteiger partial charge in [-0.05, 0) is 37.1 Å². The molecular formula is C26H25N3O9S5. The molecule has 1 aromatic heterocycles. The third-order valence-corrected chi connectivity index (χ3v) is 11.0. The highest BCUT2D eigenvalue weighted by Gasteiger charge is 2.35. The average molecular weight is 684 g/mol. The van der Waals surface area contributed by atoms with Crippen LogP contribution in [0.15, 0.2) is 57.2 Å². The minimum Gasteiger partial charge on any atom is -0.481 e. The van der Waals surface area contributed by atoms with E-state index >= 15 is 0 Å². The van der Waals surface area contributed by atoms with E-state index in [0.29, 0.717) is 12.1 Å². The van der Waals surface area contributed by atoms with Crippen molar-refractivity contribution in [3.8, 4) is 0 Å². The number of thiazole rings is 1. The molecular weight excluding hydrogens is 659 g/mol. The number of thioether (sulfide) groups is 2. The smallest absolute Gasteiger partial charge is 0.323 e. The molecule has 43 heavy (non-hydrogen) atoms. The summed E-state index contributed by atoms with van der Waals surface area (Å²) in [7, 11) is -4.10. The third kappa shape index (κ3) is 7.84. The average Bonchev–Trinajstić information content (AvgIpc) is 3.53. The number of para-hydroxylation sites is 1. The van der Waals surface area contributed by atoms with E-state index in [-0.39, 0.29) is 43.6 Å². The van der Waals surface area contributed by atoms with Crippen molar-refractivity contribution >= 4 is 95.5 Å². The van der Waals surface area contributed by atoms with Gasteiger partial charge >= 0.3 is 11.9 Å². The number of hydrogen-bond acceptors (Lipinski definition) is 11. The third-order valence-electron chi connectivity index (χ3n) is 6.13. The number of carbonyl (C=O) groups is 3. The number of amides is 1. The molecule has 228 valence electrons. The van der Waals surface area contributed by atoms with Gasteiger partial charge in [0.1, 0.15) is 20.4 Å². The summed E-state index contributed by atoms with van der Waals surface area (Å²) < 4.78 is 33.2. The Morgan fingerprint density at radius 1 is 1.05 bits per heavy atom. The highest BCUT2D eigenvalue weighted by atomic mass is 32.2. The van der Waals surface area contributed by atoms with Crippen LogP contribution in [0.4, 0.5) is 5.69 Å². The molecule has 1 amide bonds. The Labute approximate surface area is 263 Å². The molecule has 4 rings (SSSR count). The van der Waals surface area contributed by atoms with Crippen LogP contribution in [0.2, 0.25) is 0 Å². The van der Waals surface area contributed by atoms with E-state index in [9.17, 15) is 32.7 Å². The molecule has 0 aliphatic carbocycles. The molecule has 0 bridgehead atoms. The Bertz CT molecular complexity index is 1860. The second kappa shape index (κ2) is 13.6. The Hall–Kier alpha value is -3.22. The van der Waals surface area contributed by atoms with Crippen LogP contribution in [0, 0.1) is 0 Å². The van der Waals surface area contributed by atoms with Crippen LogP contribution in [-0.4, -0.2) is 73.7 Å². The molecule has 0 radical (unpaired) electrons. The van der Waals surface area contributed by atoms with E-state index in [1.54, 1.807) is 19.1 Å². The van der Waals surface area contributed by atoms with Crippen LogP contribution in [-0.2, 0) is 31.0 Å². The molecule has 3 heterocycles. The number of carboxylic acid groups (broad SMARTS) is 2. The van der Waals surface area contributed by atoms with Gasteiger partial charge in [-0.25, -0.2) is 0 Å². The fourth-order valence-electron chi connectivity index (χ4n) is 4.20. The molecule has 0 spiro atoms. The lowest BCUT2D eigenvalue weighted by Gasteiger charge is -2.19. The van der Waals surface area contributed by atoms with Gasteiger partial charge in [0.2, 0.25) is 0 Å². The van der Waals surface area contributed by atoms with E-state index in [2.05, 4.69) is 0 Å². The summed E-state index contributed by atoms with van der Waals surface area (Å²) in [5.74, 6) is -3.43. The normalized spacial score (nSPS) is 18.2. The Morgan fingerprint density at radius 3 is 2.44 bits per heavy atom. The molecule has 3 N–H and O–H groups in total. The lowest BCUT2D eigenvalue weighted by atomic mass is 10.2. The van der Waals surface area contributed by atoms with E-state index in [4.69, 9.17) is 21.9 Å². The van der Waals surface area contributed by atoms with Crippen molar-refractivity contribution in [3.63, 3.8) is 0 Å². The summed E-state index contributed by atoms with van der Waals surface area (Å²) in [6, 6.07) is 7.61. The molecule has 1 saturated heterocycles. The van der Waals surface area contributed by atoms with Gasteiger partial charge in [0.15, 0.2) is 0 Å². The van der Waals surface area contributed by atoms with Crippen molar-refractivity contribution < 1.29 is 37.6 Å². The summed E-state index contributed by atoms with van der Waals surface area (Å²) in [4.78, 5) is 52.8. The van der Waals surface area contributed by atoms with Crippen LogP contribution in [0.1, 0.15) is 19.8 Å². The molecule has 17 heteroatoms. The highest BCUT2D eigenvalue weighted by Crippen LogP contribution is 2.45. The number of thiocarbonyl (C=S) groups is 1. The maximum absolute atomic E-state index is 13.4. The van der Waals surface area contributed by atoms with Crippen molar-refractivity contribution in [2.24, 2.45) is 0 Å². The molecule has 2 aliphatic rings. The zero-order chi connectivity index (χ0) is 31.5. The summed E-state index contributed by atoms with van der Waals surface area (Å²) in [5, 5.41) is 19.2. The van der Waals surface area contributed by atoms with E-state index in [1.807, 2.05) is 35.2 Å². The number of hydrogen-bond donors (Lipinski definition) is 3. The summed E-state index contributed by atoms with van der Waals surface area (Å²) >= 11 is 8.52. The maximum atomic E-state index is 13.4. The van der Waals surface area contributed by atoms with E-state index in [1.165, 1.54) is 16.3 Å². The predicted molar refractivity (Wildman–Crippen MR) is 170 cm³/mol. The van der Waals surface area contributed by atoms with Crippen LogP contribution < -0.4 is 19.7 Å². The number of allylic oxidation sites excluding steroid dienone is 3. The topological polar surface area (TPSA) is 175 Å². The van der Waals surface area contributed by atoms with Gasteiger partial charge in [-0.1, -0.05) is 60.0 Å². The standard InChI is InChI=1S/C26H25N3O9S5/c1-15(6-4-9-18-27(11-5-13-43(36,37)38)16-7-2-3-8-17(16)40-18)21-23(34)28(12-10-19(30)31)25(41-21)22-24(35)29(14-20(32)33)26(39)42-22/h2-4,6-9H,5,10-14H2,1H3,(H,30,31)(H,32,33)(H,36,37,38). The minimum absolute atomic E-state index is 0.0259. The molecule has 2 aromatic rings. The van der Waals surface area contributed by atoms with Crippen LogP contribution in [0.3, 0.4) is 0 Å². The van der Waals surface area contributed by atoms with Crippen LogP contribution in [0.25, 0.3) is 10.5 Å². The van der Waals surface area contributed by atoms with Crippen LogP contribution >= 0.6 is 47.1 Å². The first-order valence-electron chi connectivity index (χ1n) is 12.6. The number of carboxylic acids is 2. The molecule has 0 unspecified atom stereocenters. The summed E-state index contributed by atoms with van der Waals surface area (Å²) in [5.41, 5.74) is 0.952. The maximum Gasteiger partial charge on any atom is 0.323 e. The van der Waals surface area contributed by atoms with Crippen molar-refractivity contribution in [1.82, 2.24) is 9.47 Å². The first-order valence-corrected chi connectivity index (χ1v) is 17.0. The Balaban J connectivity index is 1.72. The first kappa shape index (κ1) is 32.7. The Kier molecular flexibility index (Phi) is 10.3. The number of aliphatic carboxylic acids is 2. The van der Waals surface area contributed by atoms with Gasteiger partial charge < -0.3 is 15.1 Å². The molecule has 1 aromatic carbocycles. The predicted octanol–water partition coefficient (Wildman–Crippen LogP) is 1.90. The molecule has 1 fully saturated rings. The lowest BCUT2D eigenvalue weighted by molar-refractivity contribution is -0.140. The number of rotatable bonds is 11. The number of nitrogens with zero attached hydrogens (tertiary/aromatic N) is 3. The van der Waals surface area contributed by atoms with Crippen molar-refractivity contribution in [1.29, 1.82) is 0 Å². The summed E-state index contributed by atoms with van der Waals surface area (Å²) in [6.07, 6.45) is 5.07. The second-order valence-corrected chi connectivity index (χ2v) is 14.5. The quantitative estimate of drug-likeness (QED) is 0.232. The number of benzene rings is 1. The van der Waals surface area contributed by atoms with Gasteiger partial charge in [0.05, 0.1) is 27.4 Å². The number of carbonyl (C=O) groups excluding carboxylic acids is 1. The van der Waals surface area contributed by atoms with Gasteiger partial charge in [-0.15, -0.1) is 11.3 Å². The fourth-order valence-corrected chi connectivity index (χ4v) is 8.35. The highest BCUT2D eigenvalue weighted by molar-refractivity contribution is 8.30. The molecule has 0 saturated carbocycles. The Morgan fingerprint density at radius 2 is 1.77 bits per heavy atom. The molecule has 2 aliphatic heterocycles. The second-order valence-electron chi connectivity index (χ2n) is 9.23. The van der Waals surface area contributed by atoms with E-state index in [0.717, 1.165) is 43.6 Å². The zero-order valence-electron chi connectivity index (χ0n) is 22.5. The SMILES string of the molecule is CC(C=CC=C1Sc2ccccc2N1CCCS(=O)(=O)O)=c1sc(=C2SC(=S)N(CC(=O)O)C2=O)n(CCC(=O)O)c1=O. The number of fused-ring (bicyclic) bond motifs is 1. The first-order chi connectivity index (χ1) is 20.3. The number of aromatic nitrogens is 1. The van der Waals surface area contributed by atoms with Gasteiger partial charge in [-0.2, -0.15) is 8.42 Å². The van der Waals surface area contributed by atoms with Gasteiger partial charge in [-0.3, -0.25) is 33.2 Å². The minimum atomic E-state index is -4.10. The lowest BCUT2D eigenvalue weighted by Crippen LogP contribution is -2.36. The fraction of sp³-hybridized carbons (Fsp3) is 0.269. The molecule has 12 nitrogen and oxygen atoms in total. The van der Waals surface area contributed by atoms with E-state index < -0.39 is 40.1 Å². The zero-order valence-corrected chi connectivity index (χ0v) is 26.5. The summed E-state index contributed by atoms with van der Waals surface area (Å²) in [6.45, 7) is 1.21. The molecule has 0 atom stereocenters. The number of anilines is 1. The van der Waals surface area contributed by atoms with Crippen molar-refractivity contribution in [2.45, 2.75) is 31.2 Å². The monoisotopic (exact) mass is 683 g/mol. The van der Waals surface area contributed by atoms with Gasteiger partial charge in [0, 0.05) is 18.0 Å². The van der Waals surface area contributed by atoms with Gasteiger partial charge in [0.25, 0.3) is 21.6 Å². The largest absolute Gasteiger partial charge is 0.481 e. The van der Waals surface area contributed by atoms with Crippen LogP contribution in [0.5, 0.6) is 0 Å². The van der Waals surface area contributed by atoms with Crippen molar-refractivity contribution in [3.05, 3.63) is 67.1 Å².